The van der Waals surface area contributed by atoms with E-state index in [0.717, 1.165) is 18.7 Å². The Morgan fingerprint density at radius 3 is 2.88 bits per heavy atom. The standard InChI is InChI=1S/C10H16N2O3S/c13-9(7-1-2-11-5-7)12-3-4-16-6-8(12)10(14)15/h7-8,11H,1-6H2,(H,14,15). The van der Waals surface area contributed by atoms with Gasteiger partial charge in [0.2, 0.25) is 5.91 Å². The Kier molecular flexibility index (Phi) is 3.70. The molecule has 2 aliphatic heterocycles. The van der Waals surface area contributed by atoms with Crippen LogP contribution in [0.1, 0.15) is 6.42 Å². The number of rotatable bonds is 2. The van der Waals surface area contributed by atoms with Crippen LogP contribution in [0.15, 0.2) is 0 Å². The van der Waals surface area contributed by atoms with Crippen molar-refractivity contribution in [1.82, 2.24) is 10.2 Å². The van der Waals surface area contributed by atoms with Crippen molar-refractivity contribution in [2.24, 2.45) is 5.92 Å². The Balaban J connectivity index is 2.04. The fraction of sp³-hybridized carbons (Fsp3) is 0.800. The lowest BCUT2D eigenvalue weighted by Crippen LogP contribution is -2.52. The van der Waals surface area contributed by atoms with Crippen molar-refractivity contribution < 1.29 is 14.7 Å². The van der Waals surface area contributed by atoms with Gasteiger partial charge in [-0.25, -0.2) is 4.79 Å². The van der Waals surface area contributed by atoms with Crippen LogP contribution >= 0.6 is 11.8 Å². The third kappa shape index (κ3) is 2.32. The topological polar surface area (TPSA) is 69.6 Å². The summed E-state index contributed by atoms with van der Waals surface area (Å²) >= 11 is 1.60. The number of aliphatic carboxylic acids is 1. The van der Waals surface area contributed by atoms with Gasteiger partial charge in [0.25, 0.3) is 0 Å². The van der Waals surface area contributed by atoms with Crippen LogP contribution in [0.25, 0.3) is 0 Å². The molecule has 2 saturated heterocycles. The highest BCUT2D eigenvalue weighted by molar-refractivity contribution is 7.99. The van der Waals surface area contributed by atoms with Gasteiger partial charge in [-0.2, -0.15) is 11.8 Å². The van der Waals surface area contributed by atoms with Gasteiger partial charge in [-0.3, -0.25) is 4.79 Å². The van der Waals surface area contributed by atoms with E-state index in [1.807, 2.05) is 0 Å². The minimum Gasteiger partial charge on any atom is -0.480 e. The second kappa shape index (κ2) is 5.05. The van der Waals surface area contributed by atoms with Crippen molar-refractivity contribution in [3.8, 4) is 0 Å². The average molecular weight is 244 g/mol. The van der Waals surface area contributed by atoms with Crippen LogP contribution in [-0.2, 0) is 9.59 Å². The first-order chi connectivity index (χ1) is 7.70. The molecule has 0 aromatic rings. The Morgan fingerprint density at radius 1 is 1.44 bits per heavy atom. The summed E-state index contributed by atoms with van der Waals surface area (Å²) in [7, 11) is 0. The third-order valence-electron chi connectivity index (χ3n) is 3.11. The van der Waals surface area contributed by atoms with Crippen molar-refractivity contribution in [3.05, 3.63) is 0 Å². The van der Waals surface area contributed by atoms with E-state index in [1.54, 1.807) is 16.7 Å². The van der Waals surface area contributed by atoms with Gasteiger partial charge in [0.15, 0.2) is 0 Å². The monoisotopic (exact) mass is 244 g/mol. The number of carbonyl (C=O) groups is 2. The van der Waals surface area contributed by atoms with E-state index in [-0.39, 0.29) is 11.8 Å². The lowest BCUT2D eigenvalue weighted by molar-refractivity contribution is -0.150. The number of amides is 1. The number of carbonyl (C=O) groups excluding carboxylic acids is 1. The van der Waals surface area contributed by atoms with E-state index in [9.17, 15) is 9.59 Å². The highest BCUT2D eigenvalue weighted by Crippen LogP contribution is 2.21. The second-order valence-corrected chi connectivity index (χ2v) is 5.30. The number of nitrogens with one attached hydrogen (secondary N) is 1. The van der Waals surface area contributed by atoms with Crippen LogP contribution in [0.3, 0.4) is 0 Å². The van der Waals surface area contributed by atoms with Crippen LogP contribution in [-0.4, -0.2) is 59.1 Å². The molecular formula is C10H16N2O3S. The number of thioether (sulfide) groups is 1. The summed E-state index contributed by atoms with van der Waals surface area (Å²) in [5.74, 6) is 0.464. The van der Waals surface area contributed by atoms with E-state index in [1.165, 1.54) is 0 Å². The number of carboxylic acid groups (broad SMARTS) is 1. The highest BCUT2D eigenvalue weighted by Gasteiger charge is 2.36. The van der Waals surface area contributed by atoms with Gasteiger partial charge in [-0.05, 0) is 13.0 Å². The molecule has 2 unspecified atom stereocenters. The van der Waals surface area contributed by atoms with Gasteiger partial charge in [-0.15, -0.1) is 0 Å². The Morgan fingerprint density at radius 2 is 2.25 bits per heavy atom. The summed E-state index contributed by atoms with van der Waals surface area (Å²) in [5, 5.41) is 12.2. The minimum atomic E-state index is -0.883. The van der Waals surface area contributed by atoms with E-state index in [4.69, 9.17) is 5.11 Å². The fourth-order valence-corrected chi connectivity index (χ4v) is 3.21. The molecule has 2 atom stereocenters. The van der Waals surface area contributed by atoms with Crippen LogP contribution < -0.4 is 5.32 Å². The van der Waals surface area contributed by atoms with Gasteiger partial charge in [0, 0.05) is 24.6 Å². The predicted molar refractivity (Wildman–Crippen MR) is 61.4 cm³/mol. The summed E-state index contributed by atoms with van der Waals surface area (Å²) in [6.45, 7) is 2.11. The third-order valence-corrected chi connectivity index (χ3v) is 4.13. The van der Waals surface area contributed by atoms with Crippen LogP contribution in [0.2, 0.25) is 0 Å². The molecule has 0 saturated carbocycles. The van der Waals surface area contributed by atoms with E-state index < -0.39 is 12.0 Å². The summed E-state index contributed by atoms with van der Waals surface area (Å²) < 4.78 is 0. The number of hydrogen-bond acceptors (Lipinski definition) is 4. The molecule has 16 heavy (non-hydrogen) atoms. The van der Waals surface area contributed by atoms with Crippen molar-refractivity contribution in [2.75, 3.05) is 31.1 Å². The van der Waals surface area contributed by atoms with Gasteiger partial charge < -0.3 is 15.3 Å². The molecule has 2 rings (SSSR count). The highest BCUT2D eigenvalue weighted by atomic mass is 32.2. The maximum absolute atomic E-state index is 12.1. The number of carboxylic acids is 1. The van der Waals surface area contributed by atoms with Crippen molar-refractivity contribution in [3.63, 3.8) is 0 Å². The molecule has 90 valence electrons. The first-order valence-corrected chi connectivity index (χ1v) is 6.67. The lowest BCUT2D eigenvalue weighted by Gasteiger charge is -2.34. The Bertz CT molecular complexity index is 292. The van der Waals surface area contributed by atoms with Gasteiger partial charge in [-0.1, -0.05) is 0 Å². The Hall–Kier alpha value is -0.750. The van der Waals surface area contributed by atoms with Crippen molar-refractivity contribution in [1.29, 1.82) is 0 Å². The first kappa shape index (κ1) is 11.7. The molecule has 0 aliphatic carbocycles. The number of nitrogens with zero attached hydrogens (tertiary/aromatic N) is 1. The normalized spacial score (nSPS) is 30.4. The Labute approximate surface area is 98.6 Å². The maximum Gasteiger partial charge on any atom is 0.327 e. The molecular weight excluding hydrogens is 228 g/mol. The number of hydrogen-bond donors (Lipinski definition) is 2. The van der Waals surface area contributed by atoms with E-state index in [2.05, 4.69) is 5.32 Å². The molecule has 0 radical (unpaired) electrons. The van der Waals surface area contributed by atoms with Crippen molar-refractivity contribution in [2.45, 2.75) is 12.5 Å². The molecule has 0 bridgehead atoms. The molecule has 2 aliphatic rings. The van der Waals surface area contributed by atoms with Crippen molar-refractivity contribution >= 4 is 23.6 Å². The second-order valence-electron chi connectivity index (χ2n) is 4.15. The fourth-order valence-electron chi connectivity index (χ4n) is 2.17. The van der Waals surface area contributed by atoms with Crippen LogP contribution in [0.5, 0.6) is 0 Å². The molecule has 2 fully saturated rings. The molecule has 5 nitrogen and oxygen atoms in total. The summed E-state index contributed by atoms with van der Waals surface area (Å²) in [6, 6.07) is -0.633. The first-order valence-electron chi connectivity index (χ1n) is 5.52. The lowest BCUT2D eigenvalue weighted by atomic mass is 10.1. The zero-order valence-corrected chi connectivity index (χ0v) is 9.83. The molecule has 2 heterocycles. The van der Waals surface area contributed by atoms with Crippen LogP contribution in [0.4, 0.5) is 0 Å². The predicted octanol–water partition coefficient (Wildman–Crippen LogP) is -0.375. The van der Waals surface area contributed by atoms with E-state index >= 15 is 0 Å². The summed E-state index contributed by atoms with van der Waals surface area (Å²) in [5.41, 5.74) is 0. The summed E-state index contributed by atoms with van der Waals surface area (Å²) in [6.07, 6.45) is 0.828. The zero-order valence-electron chi connectivity index (χ0n) is 9.02. The van der Waals surface area contributed by atoms with Crippen LogP contribution in [0, 0.1) is 5.92 Å². The molecule has 1 amide bonds. The summed E-state index contributed by atoms with van der Waals surface area (Å²) in [4.78, 5) is 24.7. The molecule has 2 N–H and O–H groups in total. The van der Waals surface area contributed by atoms with E-state index in [0.29, 0.717) is 18.8 Å². The molecule has 6 heteroatoms. The molecule has 0 spiro atoms. The quantitative estimate of drug-likeness (QED) is 0.693. The smallest absolute Gasteiger partial charge is 0.327 e. The average Bonchev–Trinajstić information content (AvgIpc) is 2.81. The van der Waals surface area contributed by atoms with Gasteiger partial charge in [0.05, 0.1) is 5.92 Å². The zero-order chi connectivity index (χ0) is 11.5. The van der Waals surface area contributed by atoms with Gasteiger partial charge in [0.1, 0.15) is 6.04 Å². The SMILES string of the molecule is O=C(O)C1CSCCN1C(=O)C1CCNC1. The molecule has 0 aromatic carbocycles. The molecule has 0 aromatic heterocycles. The minimum absolute atomic E-state index is 0.0118. The largest absolute Gasteiger partial charge is 0.480 e. The van der Waals surface area contributed by atoms with Gasteiger partial charge >= 0.3 is 5.97 Å². The maximum atomic E-state index is 12.1.